The number of thiazole rings is 1. The van der Waals surface area contributed by atoms with Crippen LogP contribution in [-0.4, -0.2) is 21.4 Å². The topological polar surface area (TPSA) is 107 Å². The van der Waals surface area contributed by atoms with Crippen molar-refractivity contribution >= 4 is 28.7 Å². The minimum absolute atomic E-state index is 0.0694. The minimum Gasteiger partial charge on any atom is -0.383 e. The molecule has 0 unspecified atom stereocenters. The molecule has 0 saturated carbocycles. The number of nitrogen functional groups attached to an aromatic ring is 1. The zero-order valence-corrected chi connectivity index (χ0v) is 11.1. The first kappa shape index (κ1) is 13.2. The number of aromatic nitrogens is 2. The second-order valence-corrected chi connectivity index (χ2v) is 4.89. The van der Waals surface area contributed by atoms with Crippen molar-refractivity contribution in [1.29, 1.82) is 0 Å². The number of anilines is 2. The lowest BCUT2D eigenvalue weighted by atomic mass is 10.3. The standard InChI is InChI=1S/C11H13N5O2S/c1-7-6-19-11(14-7)2-3-13-10-5-8(16(17)18)4-9(12)15-10/h4-6H,2-3H2,1H3,(H3,12,13,15). The average molecular weight is 279 g/mol. The van der Waals surface area contributed by atoms with Crippen molar-refractivity contribution in [2.24, 2.45) is 0 Å². The van der Waals surface area contributed by atoms with Crippen molar-refractivity contribution in [2.75, 3.05) is 17.6 Å². The summed E-state index contributed by atoms with van der Waals surface area (Å²) in [5, 5.41) is 16.7. The summed E-state index contributed by atoms with van der Waals surface area (Å²) < 4.78 is 0. The Morgan fingerprint density at radius 1 is 1.47 bits per heavy atom. The van der Waals surface area contributed by atoms with Gasteiger partial charge < -0.3 is 11.1 Å². The SMILES string of the molecule is Cc1csc(CCNc2cc([N+](=O)[O-])cc(N)n2)n1. The summed E-state index contributed by atoms with van der Waals surface area (Å²) >= 11 is 1.59. The number of rotatable bonds is 5. The van der Waals surface area contributed by atoms with Gasteiger partial charge in [-0.1, -0.05) is 0 Å². The van der Waals surface area contributed by atoms with E-state index in [1.807, 2.05) is 12.3 Å². The first-order chi connectivity index (χ1) is 9.04. The third-order valence-electron chi connectivity index (χ3n) is 2.35. The highest BCUT2D eigenvalue weighted by Gasteiger charge is 2.09. The van der Waals surface area contributed by atoms with Gasteiger partial charge in [0.25, 0.3) is 5.69 Å². The number of nitrogens with one attached hydrogen (secondary N) is 1. The molecule has 0 aliphatic rings. The second kappa shape index (κ2) is 5.61. The zero-order valence-electron chi connectivity index (χ0n) is 10.3. The van der Waals surface area contributed by atoms with Crippen molar-refractivity contribution in [3.8, 4) is 0 Å². The van der Waals surface area contributed by atoms with Crippen LogP contribution in [0, 0.1) is 17.0 Å². The van der Waals surface area contributed by atoms with Gasteiger partial charge in [-0.2, -0.15) is 0 Å². The fourth-order valence-corrected chi connectivity index (χ4v) is 2.32. The Kier molecular flexibility index (Phi) is 3.91. The number of pyridine rings is 1. The number of hydrogen-bond acceptors (Lipinski definition) is 7. The van der Waals surface area contributed by atoms with Gasteiger partial charge in [0.1, 0.15) is 11.6 Å². The number of nitrogens with zero attached hydrogens (tertiary/aromatic N) is 3. The van der Waals surface area contributed by atoms with Crippen molar-refractivity contribution in [3.63, 3.8) is 0 Å². The predicted molar refractivity (Wildman–Crippen MR) is 74.3 cm³/mol. The molecule has 100 valence electrons. The molecule has 0 aliphatic carbocycles. The van der Waals surface area contributed by atoms with Gasteiger partial charge >= 0.3 is 0 Å². The third-order valence-corrected chi connectivity index (χ3v) is 3.38. The van der Waals surface area contributed by atoms with Crippen LogP contribution in [0.25, 0.3) is 0 Å². The van der Waals surface area contributed by atoms with Crippen LogP contribution in [0.15, 0.2) is 17.5 Å². The number of aryl methyl sites for hydroxylation is 1. The first-order valence-corrected chi connectivity index (χ1v) is 6.49. The van der Waals surface area contributed by atoms with Gasteiger partial charge in [-0.05, 0) is 6.92 Å². The Hall–Kier alpha value is -2.22. The molecule has 2 rings (SSSR count). The summed E-state index contributed by atoms with van der Waals surface area (Å²) in [5.41, 5.74) is 6.45. The quantitative estimate of drug-likeness (QED) is 0.640. The van der Waals surface area contributed by atoms with E-state index in [0.29, 0.717) is 12.4 Å². The molecule has 0 spiro atoms. The van der Waals surface area contributed by atoms with E-state index >= 15 is 0 Å². The fourth-order valence-electron chi connectivity index (χ4n) is 1.55. The summed E-state index contributed by atoms with van der Waals surface area (Å²) in [4.78, 5) is 18.5. The molecule has 0 bridgehead atoms. The number of nitro groups is 1. The van der Waals surface area contributed by atoms with E-state index in [9.17, 15) is 10.1 Å². The maximum atomic E-state index is 10.7. The predicted octanol–water partition coefficient (Wildman–Crippen LogP) is 1.99. The van der Waals surface area contributed by atoms with Crippen molar-refractivity contribution in [2.45, 2.75) is 13.3 Å². The maximum absolute atomic E-state index is 10.7. The molecule has 3 N–H and O–H groups in total. The normalized spacial score (nSPS) is 10.4. The fraction of sp³-hybridized carbons (Fsp3) is 0.273. The lowest BCUT2D eigenvalue weighted by Gasteiger charge is -2.05. The lowest BCUT2D eigenvalue weighted by molar-refractivity contribution is -0.384. The van der Waals surface area contributed by atoms with Crippen molar-refractivity contribution < 1.29 is 4.92 Å². The molecule has 7 nitrogen and oxygen atoms in total. The van der Waals surface area contributed by atoms with Gasteiger partial charge in [-0.25, -0.2) is 9.97 Å². The number of nitrogens with two attached hydrogens (primary N) is 1. The minimum atomic E-state index is -0.493. The highest BCUT2D eigenvalue weighted by Crippen LogP contribution is 2.18. The van der Waals surface area contributed by atoms with E-state index in [2.05, 4.69) is 15.3 Å². The van der Waals surface area contributed by atoms with Crippen LogP contribution in [0.5, 0.6) is 0 Å². The molecule has 0 fully saturated rings. The summed E-state index contributed by atoms with van der Waals surface area (Å²) in [6.45, 7) is 2.54. The molecule has 0 aliphatic heterocycles. The van der Waals surface area contributed by atoms with Crippen LogP contribution in [0.1, 0.15) is 10.7 Å². The van der Waals surface area contributed by atoms with Gasteiger partial charge in [-0.3, -0.25) is 10.1 Å². The van der Waals surface area contributed by atoms with Gasteiger partial charge in [0.2, 0.25) is 0 Å². The van der Waals surface area contributed by atoms with E-state index in [4.69, 9.17) is 5.73 Å². The molecular formula is C11H13N5O2S. The van der Waals surface area contributed by atoms with Gasteiger partial charge in [0.15, 0.2) is 0 Å². The van der Waals surface area contributed by atoms with Crippen LogP contribution in [0.3, 0.4) is 0 Å². The summed E-state index contributed by atoms with van der Waals surface area (Å²) in [6, 6.07) is 2.60. The molecule has 0 amide bonds. The van der Waals surface area contributed by atoms with Crippen molar-refractivity contribution in [3.05, 3.63) is 38.3 Å². The van der Waals surface area contributed by atoms with Crippen molar-refractivity contribution in [1.82, 2.24) is 9.97 Å². The number of hydrogen-bond donors (Lipinski definition) is 2. The summed E-state index contributed by atoms with van der Waals surface area (Å²) in [7, 11) is 0. The third kappa shape index (κ3) is 3.62. The van der Waals surface area contributed by atoms with E-state index in [1.165, 1.54) is 12.1 Å². The molecule has 2 aromatic heterocycles. The van der Waals surface area contributed by atoms with E-state index in [1.54, 1.807) is 11.3 Å². The van der Waals surface area contributed by atoms with Gasteiger partial charge in [-0.15, -0.1) is 11.3 Å². The van der Waals surface area contributed by atoms with Gasteiger partial charge in [0, 0.05) is 24.0 Å². The zero-order chi connectivity index (χ0) is 13.8. The second-order valence-electron chi connectivity index (χ2n) is 3.95. The molecule has 2 heterocycles. The Labute approximate surface area is 113 Å². The lowest BCUT2D eigenvalue weighted by Crippen LogP contribution is -2.07. The van der Waals surface area contributed by atoms with Crippen LogP contribution in [0.4, 0.5) is 17.3 Å². The molecular weight excluding hydrogens is 266 g/mol. The van der Waals surface area contributed by atoms with Gasteiger partial charge in [0.05, 0.1) is 22.1 Å². The molecule has 8 heteroatoms. The van der Waals surface area contributed by atoms with E-state index in [-0.39, 0.29) is 11.5 Å². The van der Waals surface area contributed by atoms with Crippen LogP contribution < -0.4 is 11.1 Å². The summed E-state index contributed by atoms with van der Waals surface area (Å²) in [6.07, 6.45) is 0.739. The molecule has 0 aromatic carbocycles. The Morgan fingerprint density at radius 2 is 2.26 bits per heavy atom. The van der Waals surface area contributed by atoms with Crippen LogP contribution >= 0.6 is 11.3 Å². The summed E-state index contributed by atoms with van der Waals surface area (Å²) in [5.74, 6) is 0.529. The van der Waals surface area contributed by atoms with E-state index in [0.717, 1.165) is 17.1 Å². The smallest absolute Gasteiger partial charge is 0.276 e. The Balaban J connectivity index is 1.97. The maximum Gasteiger partial charge on any atom is 0.276 e. The largest absolute Gasteiger partial charge is 0.383 e. The van der Waals surface area contributed by atoms with Crippen LogP contribution in [-0.2, 0) is 6.42 Å². The first-order valence-electron chi connectivity index (χ1n) is 5.61. The molecule has 19 heavy (non-hydrogen) atoms. The highest BCUT2D eigenvalue weighted by molar-refractivity contribution is 7.09. The monoisotopic (exact) mass is 279 g/mol. The average Bonchev–Trinajstić information content (AvgIpc) is 2.74. The van der Waals surface area contributed by atoms with Crippen LogP contribution in [0.2, 0.25) is 0 Å². The molecule has 0 radical (unpaired) electrons. The Bertz CT molecular complexity index is 599. The van der Waals surface area contributed by atoms with E-state index < -0.39 is 4.92 Å². The Morgan fingerprint density at radius 3 is 2.89 bits per heavy atom. The molecule has 0 saturated heterocycles. The molecule has 0 atom stereocenters. The molecule has 2 aromatic rings. The highest BCUT2D eigenvalue weighted by atomic mass is 32.1.